The fraction of sp³-hybridized carbons (Fsp3) is 0.300. The third-order valence-corrected chi connectivity index (χ3v) is 9.72. The number of methoxy groups -OCH3 is 1. The van der Waals surface area contributed by atoms with Crippen molar-refractivity contribution in [3.8, 4) is 34.3 Å². The van der Waals surface area contributed by atoms with Crippen LogP contribution in [0.5, 0.6) is 17.2 Å². The SMILES string of the molecule is COc1cc2c(cc1OCCCOc1ccc(-n3c(-c4ccccc4)nc4ccc(N5CCCC5)cc4c3=O)cc1)N=C[C@@H]1CCCN1C2=O. The lowest BCUT2D eigenvalue weighted by Crippen LogP contribution is -2.35. The molecule has 5 aromatic rings. The van der Waals surface area contributed by atoms with E-state index in [-0.39, 0.29) is 17.5 Å². The zero-order chi connectivity index (χ0) is 34.0. The maximum atomic E-state index is 14.2. The molecule has 2 fully saturated rings. The minimum absolute atomic E-state index is 0.0195. The highest BCUT2D eigenvalue weighted by atomic mass is 16.5. The Morgan fingerprint density at radius 2 is 1.58 bits per heavy atom. The Balaban J connectivity index is 0.966. The van der Waals surface area contributed by atoms with E-state index < -0.39 is 0 Å². The Hall–Kier alpha value is -5.64. The highest BCUT2D eigenvalue weighted by molar-refractivity contribution is 6.03. The first kappa shape index (κ1) is 31.6. The molecular weight excluding hydrogens is 630 g/mol. The van der Waals surface area contributed by atoms with Crippen LogP contribution < -0.4 is 24.7 Å². The predicted molar refractivity (Wildman–Crippen MR) is 195 cm³/mol. The number of nitrogens with zero attached hydrogens (tertiary/aromatic N) is 5. The summed E-state index contributed by atoms with van der Waals surface area (Å²) in [6, 6.07) is 26.9. The Bertz CT molecular complexity index is 2120. The summed E-state index contributed by atoms with van der Waals surface area (Å²) >= 11 is 0. The summed E-state index contributed by atoms with van der Waals surface area (Å²) in [6.45, 7) is 3.55. The fourth-order valence-electron chi connectivity index (χ4n) is 7.11. The fourth-order valence-corrected chi connectivity index (χ4v) is 7.11. The summed E-state index contributed by atoms with van der Waals surface area (Å²) in [5.74, 6) is 2.30. The molecule has 4 aromatic carbocycles. The van der Waals surface area contributed by atoms with Gasteiger partial charge in [0.1, 0.15) is 11.6 Å². The monoisotopic (exact) mass is 669 g/mol. The summed E-state index contributed by atoms with van der Waals surface area (Å²) in [6.07, 6.45) is 6.73. The molecule has 4 heterocycles. The zero-order valence-corrected chi connectivity index (χ0v) is 28.1. The number of anilines is 1. The largest absolute Gasteiger partial charge is 0.493 e. The molecule has 10 heteroatoms. The lowest BCUT2D eigenvalue weighted by Gasteiger charge is -2.20. The van der Waals surface area contributed by atoms with Crippen LogP contribution in [0, 0.1) is 0 Å². The number of amides is 1. The van der Waals surface area contributed by atoms with Crippen LogP contribution in [0.25, 0.3) is 28.0 Å². The first-order chi connectivity index (χ1) is 24.6. The van der Waals surface area contributed by atoms with Crippen molar-refractivity contribution in [3.05, 3.63) is 101 Å². The topological polar surface area (TPSA) is 98.5 Å². The maximum absolute atomic E-state index is 14.2. The van der Waals surface area contributed by atoms with Crippen LogP contribution in [0.1, 0.15) is 42.5 Å². The second kappa shape index (κ2) is 13.7. The van der Waals surface area contributed by atoms with Crippen LogP contribution in [0.4, 0.5) is 11.4 Å². The molecule has 0 N–H and O–H groups in total. The van der Waals surface area contributed by atoms with Gasteiger partial charge in [0.05, 0.1) is 54.2 Å². The summed E-state index contributed by atoms with van der Waals surface area (Å²) in [7, 11) is 1.57. The standard InChI is InChI=1S/C40H39N5O5/c1-48-36-24-33-35(41-26-30-11-7-20-44(30)39(33)46)25-37(36)50-22-8-21-49-31-15-12-28(13-16-31)45-38(27-9-3-2-4-10-27)42-34-17-14-29(23-32(34)40(45)47)43-18-5-6-19-43/h2-4,9-10,12-17,23-26,30H,5-8,11,18-22H2,1H3/t30-/m0/s1. The van der Waals surface area contributed by atoms with Crippen molar-refractivity contribution in [1.29, 1.82) is 0 Å². The minimum atomic E-state index is -0.107. The third kappa shape index (κ3) is 6.06. The molecule has 1 atom stereocenters. The first-order valence-corrected chi connectivity index (χ1v) is 17.4. The molecule has 254 valence electrons. The van der Waals surface area contributed by atoms with E-state index in [0.29, 0.717) is 70.5 Å². The molecule has 2 saturated heterocycles. The highest BCUT2D eigenvalue weighted by Crippen LogP contribution is 2.38. The van der Waals surface area contributed by atoms with E-state index in [9.17, 15) is 9.59 Å². The lowest BCUT2D eigenvalue weighted by molar-refractivity contribution is 0.0774. The van der Waals surface area contributed by atoms with E-state index in [0.717, 1.165) is 56.6 Å². The molecule has 3 aliphatic rings. The summed E-state index contributed by atoms with van der Waals surface area (Å²) < 4.78 is 19.4. The number of ether oxygens (including phenoxy) is 3. The molecule has 0 spiro atoms. The van der Waals surface area contributed by atoms with Crippen molar-refractivity contribution in [2.24, 2.45) is 4.99 Å². The zero-order valence-electron chi connectivity index (χ0n) is 28.1. The van der Waals surface area contributed by atoms with Crippen molar-refractivity contribution in [2.75, 3.05) is 44.9 Å². The predicted octanol–water partition coefficient (Wildman–Crippen LogP) is 6.83. The highest BCUT2D eigenvalue weighted by Gasteiger charge is 2.32. The Morgan fingerprint density at radius 1 is 0.800 bits per heavy atom. The van der Waals surface area contributed by atoms with Gasteiger partial charge < -0.3 is 24.0 Å². The summed E-state index contributed by atoms with van der Waals surface area (Å²) in [5, 5.41) is 0.597. The van der Waals surface area contributed by atoms with Gasteiger partial charge in [0.2, 0.25) is 0 Å². The van der Waals surface area contributed by atoms with Crippen LogP contribution >= 0.6 is 0 Å². The Labute approximate surface area is 290 Å². The molecule has 50 heavy (non-hydrogen) atoms. The van der Waals surface area contributed by atoms with Gasteiger partial charge in [-0.2, -0.15) is 0 Å². The maximum Gasteiger partial charge on any atom is 0.266 e. The number of rotatable bonds is 10. The molecule has 0 bridgehead atoms. The van der Waals surface area contributed by atoms with Crippen molar-refractivity contribution in [2.45, 2.75) is 38.1 Å². The molecule has 3 aliphatic heterocycles. The number of aromatic nitrogens is 2. The van der Waals surface area contributed by atoms with Gasteiger partial charge in [-0.1, -0.05) is 30.3 Å². The van der Waals surface area contributed by atoms with Gasteiger partial charge in [-0.3, -0.25) is 19.1 Å². The second-order valence-electron chi connectivity index (χ2n) is 12.9. The molecule has 0 radical (unpaired) electrons. The number of fused-ring (bicyclic) bond motifs is 3. The Morgan fingerprint density at radius 3 is 2.38 bits per heavy atom. The van der Waals surface area contributed by atoms with E-state index in [1.54, 1.807) is 23.8 Å². The molecule has 8 rings (SSSR count). The number of carbonyl (C=O) groups excluding carboxylic acids is 1. The van der Waals surface area contributed by atoms with Gasteiger partial charge in [0.15, 0.2) is 11.5 Å². The average Bonchev–Trinajstić information content (AvgIpc) is 3.85. The van der Waals surface area contributed by atoms with E-state index in [4.69, 9.17) is 19.2 Å². The summed E-state index contributed by atoms with van der Waals surface area (Å²) in [4.78, 5) is 41.1. The lowest BCUT2D eigenvalue weighted by atomic mass is 10.1. The molecule has 1 aromatic heterocycles. The minimum Gasteiger partial charge on any atom is -0.493 e. The van der Waals surface area contributed by atoms with Crippen LogP contribution in [-0.2, 0) is 0 Å². The quantitative estimate of drug-likeness (QED) is 0.150. The van der Waals surface area contributed by atoms with E-state index >= 15 is 0 Å². The average molecular weight is 670 g/mol. The van der Waals surface area contributed by atoms with Gasteiger partial charge in [-0.05, 0) is 74.2 Å². The third-order valence-electron chi connectivity index (χ3n) is 9.72. The smallest absolute Gasteiger partial charge is 0.266 e. The van der Waals surface area contributed by atoms with Crippen molar-refractivity contribution in [1.82, 2.24) is 14.5 Å². The number of hydrogen-bond acceptors (Lipinski definition) is 8. The van der Waals surface area contributed by atoms with Crippen molar-refractivity contribution >= 4 is 34.4 Å². The van der Waals surface area contributed by atoms with Crippen molar-refractivity contribution in [3.63, 3.8) is 0 Å². The first-order valence-electron chi connectivity index (χ1n) is 17.4. The van der Waals surface area contributed by atoms with Crippen LogP contribution in [0.3, 0.4) is 0 Å². The Kier molecular flexibility index (Phi) is 8.66. The molecule has 0 aliphatic carbocycles. The molecule has 1 amide bonds. The van der Waals surface area contributed by atoms with Gasteiger partial charge in [0, 0.05) is 49.6 Å². The molecular formula is C40H39N5O5. The van der Waals surface area contributed by atoms with Crippen LogP contribution in [-0.4, -0.2) is 72.6 Å². The van der Waals surface area contributed by atoms with Crippen LogP contribution in [0.2, 0.25) is 0 Å². The van der Waals surface area contributed by atoms with E-state index in [1.807, 2.05) is 77.8 Å². The number of carbonyl (C=O) groups is 1. The molecule has 0 saturated carbocycles. The normalized spacial score (nSPS) is 16.7. The number of hydrogen-bond donors (Lipinski definition) is 0. The van der Waals surface area contributed by atoms with Gasteiger partial charge in [-0.15, -0.1) is 0 Å². The number of benzene rings is 4. The van der Waals surface area contributed by atoms with Crippen molar-refractivity contribution < 1.29 is 19.0 Å². The van der Waals surface area contributed by atoms with Gasteiger partial charge >= 0.3 is 0 Å². The van der Waals surface area contributed by atoms with E-state index in [1.165, 1.54) is 0 Å². The second-order valence-corrected chi connectivity index (χ2v) is 12.9. The van der Waals surface area contributed by atoms with Gasteiger partial charge in [-0.25, -0.2) is 4.98 Å². The molecule has 10 nitrogen and oxygen atoms in total. The number of aliphatic imine (C=N–C) groups is 1. The van der Waals surface area contributed by atoms with Crippen LogP contribution in [0.15, 0.2) is 94.7 Å². The molecule has 0 unspecified atom stereocenters. The van der Waals surface area contributed by atoms with E-state index in [2.05, 4.69) is 16.0 Å². The summed E-state index contributed by atoms with van der Waals surface area (Å²) in [5.41, 5.74) is 4.34. The van der Waals surface area contributed by atoms with Gasteiger partial charge in [0.25, 0.3) is 11.5 Å².